The molecular weight excluding hydrogens is 382 g/mol. The van der Waals surface area contributed by atoms with Gasteiger partial charge in [-0.2, -0.15) is 0 Å². The van der Waals surface area contributed by atoms with Crippen LogP contribution in [0.15, 0.2) is 22.1 Å². The van der Waals surface area contributed by atoms with Gasteiger partial charge >= 0.3 is 0 Å². The molecule has 0 saturated carbocycles. The second-order valence-electron chi connectivity index (χ2n) is 7.02. The highest BCUT2D eigenvalue weighted by Gasteiger charge is 2.31. The fraction of sp³-hybridized carbons (Fsp3) is 0.556. The minimum absolute atomic E-state index is 0.243. The van der Waals surface area contributed by atoms with Crippen molar-refractivity contribution in [1.82, 2.24) is 9.80 Å². The summed E-state index contributed by atoms with van der Waals surface area (Å²) < 4.78 is 34.5. The van der Waals surface area contributed by atoms with E-state index >= 15 is 0 Å². The molecule has 4 rings (SSSR count). The number of benzene rings is 1. The summed E-state index contributed by atoms with van der Waals surface area (Å²) in [6, 6.07) is 3.82. The molecule has 0 aromatic heterocycles. The Hall–Kier alpha value is -2.33. The molecule has 0 spiro atoms. The zero-order valence-electron chi connectivity index (χ0n) is 15.9. The van der Waals surface area contributed by atoms with Crippen molar-refractivity contribution in [3.8, 4) is 11.5 Å². The van der Waals surface area contributed by atoms with Crippen LogP contribution in [0.1, 0.15) is 12.0 Å². The van der Waals surface area contributed by atoms with Crippen LogP contribution in [0.4, 0.5) is 5.69 Å². The largest absolute Gasteiger partial charge is 0.491 e. The summed E-state index contributed by atoms with van der Waals surface area (Å²) >= 11 is 0. The van der Waals surface area contributed by atoms with Crippen LogP contribution in [0.25, 0.3) is 0 Å². The summed E-state index contributed by atoms with van der Waals surface area (Å²) in [4.78, 5) is 13.1. The van der Waals surface area contributed by atoms with Gasteiger partial charge in [-0.1, -0.05) is 0 Å². The van der Waals surface area contributed by atoms with Gasteiger partial charge in [0.15, 0.2) is 21.3 Å². The predicted molar refractivity (Wildman–Crippen MR) is 108 cm³/mol. The number of hydrogen-bond donors (Lipinski definition) is 1. The van der Waals surface area contributed by atoms with Crippen molar-refractivity contribution < 1.29 is 17.9 Å². The number of aliphatic imine (C=N–C) groups is 2. The van der Waals surface area contributed by atoms with Crippen molar-refractivity contribution in [1.29, 1.82) is 0 Å². The summed E-state index contributed by atoms with van der Waals surface area (Å²) in [6.45, 7) is 3.93. The smallest absolute Gasteiger partial charge is 0.202 e. The first-order valence-corrected chi connectivity index (χ1v) is 11.2. The van der Waals surface area contributed by atoms with Gasteiger partial charge in [0.1, 0.15) is 11.5 Å². The lowest BCUT2D eigenvalue weighted by atomic mass is 10.1. The number of ether oxygens (including phenoxy) is 2. The van der Waals surface area contributed by atoms with Crippen LogP contribution >= 0.6 is 0 Å². The molecule has 1 fully saturated rings. The topological polar surface area (TPSA) is 110 Å². The van der Waals surface area contributed by atoms with Gasteiger partial charge in [-0.05, 0) is 18.6 Å². The summed E-state index contributed by atoms with van der Waals surface area (Å²) in [5.41, 5.74) is 7.62. The van der Waals surface area contributed by atoms with E-state index in [1.807, 2.05) is 17.0 Å². The number of rotatable bonds is 6. The minimum atomic E-state index is -2.84. The van der Waals surface area contributed by atoms with Crippen molar-refractivity contribution in [3.05, 3.63) is 17.7 Å². The number of amidine groups is 1. The molecule has 9 nitrogen and oxygen atoms in total. The maximum absolute atomic E-state index is 11.5. The fourth-order valence-corrected chi connectivity index (χ4v) is 4.95. The molecule has 10 heteroatoms. The minimum Gasteiger partial charge on any atom is -0.491 e. The van der Waals surface area contributed by atoms with Gasteiger partial charge in [0, 0.05) is 31.7 Å². The Morgan fingerprint density at radius 3 is 2.75 bits per heavy atom. The monoisotopic (exact) mass is 407 g/mol. The van der Waals surface area contributed by atoms with E-state index in [4.69, 9.17) is 15.2 Å². The van der Waals surface area contributed by atoms with Gasteiger partial charge in [0.2, 0.25) is 5.96 Å². The Morgan fingerprint density at radius 2 is 2.00 bits per heavy atom. The van der Waals surface area contributed by atoms with Crippen LogP contribution in [-0.2, 0) is 9.84 Å². The maximum atomic E-state index is 11.5. The van der Waals surface area contributed by atoms with Crippen LogP contribution in [0.2, 0.25) is 0 Å². The van der Waals surface area contributed by atoms with Crippen LogP contribution in [0, 0.1) is 0 Å². The Bertz CT molecular complexity index is 914. The Kier molecular flexibility index (Phi) is 5.15. The van der Waals surface area contributed by atoms with Crippen molar-refractivity contribution in [2.75, 3.05) is 57.9 Å². The van der Waals surface area contributed by atoms with E-state index in [0.29, 0.717) is 49.4 Å². The molecule has 1 saturated heterocycles. The molecular formula is C18H25N5O4S. The molecule has 0 amide bonds. The second kappa shape index (κ2) is 7.59. The number of methoxy groups -OCH3 is 1. The molecule has 0 radical (unpaired) electrons. The lowest BCUT2D eigenvalue weighted by Gasteiger charge is -2.27. The molecule has 0 bridgehead atoms. The van der Waals surface area contributed by atoms with Crippen molar-refractivity contribution in [3.63, 3.8) is 0 Å². The highest BCUT2D eigenvalue weighted by Crippen LogP contribution is 2.43. The molecule has 2 N–H and O–H groups in total. The van der Waals surface area contributed by atoms with E-state index in [1.54, 1.807) is 7.11 Å². The number of fused-ring (bicyclic) bond motifs is 3. The van der Waals surface area contributed by atoms with E-state index in [9.17, 15) is 8.42 Å². The lowest BCUT2D eigenvalue weighted by molar-refractivity contribution is 0.240. The molecule has 152 valence electrons. The zero-order chi connectivity index (χ0) is 19.7. The Balaban J connectivity index is 1.40. The van der Waals surface area contributed by atoms with E-state index < -0.39 is 9.84 Å². The van der Waals surface area contributed by atoms with E-state index in [1.165, 1.54) is 0 Å². The lowest BCUT2D eigenvalue weighted by Crippen LogP contribution is -2.42. The number of hydrogen-bond acceptors (Lipinski definition) is 9. The highest BCUT2D eigenvalue weighted by atomic mass is 32.2. The van der Waals surface area contributed by atoms with Crippen molar-refractivity contribution in [2.45, 2.75) is 6.42 Å². The maximum Gasteiger partial charge on any atom is 0.202 e. The van der Waals surface area contributed by atoms with E-state index in [-0.39, 0.29) is 11.5 Å². The van der Waals surface area contributed by atoms with Crippen LogP contribution < -0.4 is 15.2 Å². The van der Waals surface area contributed by atoms with Gasteiger partial charge < -0.3 is 20.1 Å². The molecule has 0 aliphatic carbocycles. The first-order valence-electron chi connectivity index (χ1n) is 9.41. The number of nitrogens with zero attached hydrogens (tertiary/aromatic N) is 4. The predicted octanol–water partition coefficient (Wildman–Crippen LogP) is 0.217. The highest BCUT2D eigenvalue weighted by molar-refractivity contribution is 7.91. The van der Waals surface area contributed by atoms with Gasteiger partial charge in [0.25, 0.3) is 0 Å². The van der Waals surface area contributed by atoms with E-state index in [0.717, 1.165) is 30.9 Å². The summed E-state index contributed by atoms with van der Waals surface area (Å²) in [6.07, 6.45) is 0.798. The quantitative estimate of drug-likeness (QED) is 0.672. The second-order valence-corrected chi connectivity index (χ2v) is 9.32. The standard InChI is InChI=1S/C18H25N5O4S/c1-26-16-14(27-10-2-6-22-8-11-28(24,25)12-9-22)4-3-13-15(16)21-18(19)23-7-5-20-17(13)23/h3-4H,2,5-12H2,1H3,(H2,19,21). The van der Waals surface area contributed by atoms with Crippen LogP contribution in [0.5, 0.6) is 11.5 Å². The normalized spacial score (nSPS) is 20.8. The number of nitrogens with two attached hydrogens (primary N) is 1. The average Bonchev–Trinajstić information content (AvgIpc) is 3.17. The Labute approximate surface area is 164 Å². The van der Waals surface area contributed by atoms with Crippen LogP contribution in [-0.4, -0.2) is 88.0 Å². The Morgan fingerprint density at radius 1 is 1.21 bits per heavy atom. The molecule has 1 aromatic carbocycles. The third-order valence-corrected chi connectivity index (χ3v) is 6.81. The van der Waals surface area contributed by atoms with Crippen molar-refractivity contribution in [2.24, 2.45) is 15.7 Å². The average molecular weight is 407 g/mol. The summed E-state index contributed by atoms with van der Waals surface area (Å²) in [5, 5.41) is 0. The van der Waals surface area contributed by atoms with Crippen molar-refractivity contribution >= 4 is 27.3 Å². The van der Waals surface area contributed by atoms with Gasteiger partial charge in [-0.25, -0.2) is 13.4 Å². The number of sulfone groups is 1. The SMILES string of the molecule is COc1c(OCCCN2CCS(=O)(=O)CC2)ccc2c1N=C(N)N1CCN=C21. The fourth-order valence-electron chi connectivity index (χ4n) is 3.67. The van der Waals surface area contributed by atoms with E-state index in [2.05, 4.69) is 14.9 Å². The molecule has 3 heterocycles. The van der Waals surface area contributed by atoms with Gasteiger partial charge in [-0.3, -0.25) is 9.89 Å². The first-order chi connectivity index (χ1) is 13.5. The zero-order valence-corrected chi connectivity index (χ0v) is 16.7. The molecule has 28 heavy (non-hydrogen) atoms. The van der Waals surface area contributed by atoms with Gasteiger partial charge in [-0.15, -0.1) is 0 Å². The molecule has 3 aliphatic heterocycles. The molecule has 1 aromatic rings. The third-order valence-electron chi connectivity index (χ3n) is 5.20. The summed E-state index contributed by atoms with van der Waals surface area (Å²) in [5.74, 6) is 2.90. The molecule has 3 aliphatic rings. The summed E-state index contributed by atoms with van der Waals surface area (Å²) in [7, 11) is -1.25. The third kappa shape index (κ3) is 3.66. The first kappa shape index (κ1) is 19.0. The van der Waals surface area contributed by atoms with Gasteiger partial charge in [0.05, 0.1) is 31.8 Å². The number of guanidine groups is 1. The van der Waals surface area contributed by atoms with Crippen LogP contribution in [0.3, 0.4) is 0 Å². The molecule has 0 unspecified atom stereocenters. The molecule has 0 atom stereocenters.